The molecule has 3 aliphatic heterocycles. The molecule has 1 N–H and O–H groups in total. The van der Waals surface area contributed by atoms with E-state index < -0.39 is 12.0 Å². The lowest BCUT2D eigenvalue weighted by molar-refractivity contribution is -0.144. The quantitative estimate of drug-likeness (QED) is 0.119. The van der Waals surface area contributed by atoms with Crippen molar-refractivity contribution in [3.63, 3.8) is 0 Å². The molecule has 0 amide bonds. The van der Waals surface area contributed by atoms with Crippen LogP contribution in [0.4, 0.5) is 0 Å². The van der Waals surface area contributed by atoms with Crippen molar-refractivity contribution in [1.29, 1.82) is 5.26 Å². The molecule has 3 fully saturated rings. The number of nitriles is 1. The van der Waals surface area contributed by atoms with Crippen LogP contribution in [0.3, 0.4) is 0 Å². The largest absolute Gasteiger partial charge is 0.493 e. The molecule has 0 aliphatic carbocycles. The minimum absolute atomic E-state index is 0.226. The molecule has 3 saturated heterocycles. The molecule has 4 aromatic rings. The number of hydrogen-bond donors (Lipinski definition) is 1. The Kier molecular flexibility index (Phi) is 12.6. The Morgan fingerprint density at radius 2 is 1.60 bits per heavy atom. The van der Waals surface area contributed by atoms with Crippen LogP contribution in [0, 0.1) is 25.2 Å². The third kappa shape index (κ3) is 9.11. The van der Waals surface area contributed by atoms with Gasteiger partial charge < -0.3 is 24.1 Å². The first-order chi connectivity index (χ1) is 26.8. The SMILES string of the molecule is Cc1c(COc2cc(OCc3cccc(C#N)c3)c(CN3CCCC[C@H]3C(=O)O)cc2Cl)cccc1-c1cccc(OCCCN2C3CCC2COC3)c1C. The van der Waals surface area contributed by atoms with Gasteiger partial charge in [-0.05, 0) is 110 Å². The van der Waals surface area contributed by atoms with Gasteiger partial charge in [0.25, 0.3) is 0 Å². The van der Waals surface area contributed by atoms with Crippen molar-refractivity contribution in [2.75, 3.05) is 32.9 Å². The number of aliphatic carboxylic acids is 1. The number of nitrogens with zero attached hydrogens (tertiary/aromatic N) is 3. The number of hydrogen-bond acceptors (Lipinski definition) is 8. The second-order valence-corrected chi connectivity index (χ2v) is 15.4. The van der Waals surface area contributed by atoms with Crippen molar-refractivity contribution in [1.82, 2.24) is 9.80 Å². The molecule has 0 saturated carbocycles. The van der Waals surface area contributed by atoms with Crippen LogP contribution in [-0.4, -0.2) is 71.9 Å². The summed E-state index contributed by atoms with van der Waals surface area (Å²) in [5.41, 5.74) is 7.67. The van der Waals surface area contributed by atoms with Crippen molar-refractivity contribution in [2.24, 2.45) is 0 Å². The van der Waals surface area contributed by atoms with Crippen LogP contribution in [-0.2, 0) is 29.3 Å². The summed E-state index contributed by atoms with van der Waals surface area (Å²) in [6, 6.07) is 26.2. The molecule has 10 heteroatoms. The maximum atomic E-state index is 12.1. The molecule has 7 rings (SSSR count). The lowest BCUT2D eigenvalue weighted by atomic mass is 9.93. The monoisotopic (exact) mass is 763 g/mol. The highest BCUT2D eigenvalue weighted by Crippen LogP contribution is 2.38. The normalized spacial score (nSPS) is 19.9. The number of carboxylic acid groups (broad SMARTS) is 1. The number of carbonyl (C=O) groups is 1. The van der Waals surface area contributed by atoms with Crippen LogP contribution in [0.25, 0.3) is 11.1 Å². The molecule has 3 heterocycles. The topological polar surface area (TPSA) is 104 Å². The highest BCUT2D eigenvalue weighted by atomic mass is 35.5. The molecular formula is C45H50ClN3O6. The second-order valence-electron chi connectivity index (χ2n) is 15.0. The van der Waals surface area contributed by atoms with Crippen LogP contribution in [0.1, 0.15) is 71.9 Å². The second kappa shape index (κ2) is 17.9. The van der Waals surface area contributed by atoms with Crippen molar-refractivity contribution in [2.45, 2.75) is 90.3 Å². The van der Waals surface area contributed by atoms with Crippen molar-refractivity contribution >= 4 is 17.6 Å². The van der Waals surface area contributed by atoms with E-state index in [-0.39, 0.29) is 13.2 Å². The van der Waals surface area contributed by atoms with Gasteiger partial charge >= 0.3 is 5.97 Å². The summed E-state index contributed by atoms with van der Waals surface area (Å²) in [7, 11) is 0. The average molecular weight is 764 g/mol. The number of benzene rings is 4. The molecule has 3 atom stereocenters. The molecule has 0 spiro atoms. The zero-order chi connectivity index (χ0) is 38.3. The van der Waals surface area contributed by atoms with E-state index in [1.54, 1.807) is 18.2 Å². The molecule has 55 heavy (non-hydrogen) atoms. The Morgan fingerprint density at radius 3 is 2.38 bits per heavy atom. The fraction of sp³-hybridized carbons (Fsp3) is 0.422. The van der Waals surface area contributed by atoms with Gasteiger partial charge in [-0.3, -0.25) is 14.6 Å². The van der Waals surface area contributed by atoms with E-state index >= 15 is 0 Å². The van der Waals surface area contributed by atoms with Crippen LogP contribution in [0.15, 0.2) is 72.8 Å². The van der Waals surface area contributed by atoms with Crippen LogP contribution < -0.4 is 14.2 Å². The van der Waals surface area contributed by atoms with Crippen LogP contribution >= 0.6 is 11.6 Å². The van der Waals surface area contributed by atoms with Gasteiger partial charge in [-0.1, -0.05) is 60.5 Å². The van der Waals surface area contributed by atoms with E-state index in [0.717, 1.165) is 83.7 Å². The Balaban J connectivity index is 1.06. The molecular weight excluding hydrogens is 714 g/mol. The molecule has 9 nitrogen and oxygen atoms in total. The van der Waals surface area contributed by atoms with Gasteiger partial charge in [-0.15, -0.1) is 0 Å². The fourth-order valence-electron chi connectivity index (χ4n) is 8.37. The average Bonchev–Trinajstić information content (AvgIpc) is 3.40. The third-order valence-corrected chi connectivity index (χ3v) is 11.7. The van der Waals surface area contributed by atoms with Crippen molar-refractivity contribution in [3.8, 4) is 34.4 Å². The van der Waals surface area contributed by atoms with Gasteiger partial charge in [0.1, 0.15) is 36.5 Å². The van der Waals surface area contributed by atoms with Crippen molar-refractivity contribution in [3.05, 3.63) is 111 Å². The van der Waals surface area contributed by atoms with Gasteiger partial charge in [0.05, 0.1) is 36.5 Å². The standard InChI is InChI=1S/C45H50ClN3O6/c1-30-34(11-6-12-38(30)39-13-7-15-42(31(39)2)53-20-8-19-49-36-16-17-37(49)29-52-28-36)27-55-44-23-43(54-26-33-10-5-9-32(21-33)24-47)35(22-40(44)46)25-48-18-4-3-14-41(48)45(50)51/h5-7,9-13,15,21-23,36-37,41H,3-4,8,14,16-20,25-29H2,1-2H3,(H,50,51)/t36?,37?,41-/m0/s1. The number of carboxylic acids is 1. The summed E-state index contributed by atoms with van der Waals surface area (Å²) in [4.78, 5) is 16.7. The van der Waals surface area contributed by atoms with E-state index in [0.29, 0.717) is 60.3 Å². The zero-order valence-electron chi connectivity index (χ0n) is 31.8. The lowest BCUT2D eigenvalue weighted by Gasteiger charge is -2.34. The van der Waals surface area contributed by atoms with Gasteiger partial charge in [0.15, 0.2) is 0 Å². The minimum atomic E-state index is -0.820. The predicted molar refractivity (Wildman–Crippen MR) is 213 cm³/mol. The maximum absolute atomic E-state index is 12.1. The molecule has 3 aliphatic rings. The maximum Gasteiger partial charge on any atom is 0.320 e. The third-order valence-electron chi connectivity index (χ3n) is 11.5. The highest BCUT2D eigenvalue weighted by molar-refractivity contribution is 6.32. The molecule has 0 aromatic heterocycles. The zero-order valence-corrected chi connectivity index (χ0v) is 32.5. The first kappa shape index (κ1) is 38.7. The van der Waals surface area contributed by atoms with Gasteiger partial charge in [0, 0.05) is 36.8 Å². The number of morpholine rings is 1. The Morgan fingerprint density at radius 1 is 0.855 bits per heavy atom. The first-order valence-corrected chi connectivity index (χ1v) is 19.9. The fourth-order valence-corrected chi connectivity index (χ4v) is 8.61. The molecule has 2 bridgehead atoms. The molecule has 288 valence electrons. The minimum Gasteiger partial charge on any atom is -0.493 e. The number of fused-ring (bicyclic) bond motifs is 2. The summed E-state index contributed by atoms with van der Waals surface area (Å²) in [5, 5.41) is 19.7. The predicted octanol–water partition coefficient (Wildman–Crippen LogP) is 8.72. The highest BCUT2D eigenvalue weighted by Gasteiger charge is 2.36. The van der Waals surface area contributed by atoms with Gasteiger partial charge in [-0.2, -0.15) is 5.26 Å². The Hall–Kier alpha value is -4.59. The Bertz CT molecular complexity index is 2010. The van der Waals surface area contributed by atoms with Crippen molar-refractivity contribution < 1.29 is 28.8 Å². The molecule has 2 unspecified atom stereocenters. The van der Waals surface area contributed by atoms with Gasteiger partial charge in [-0.25, -0.2) is 0 Å². The number of halogens is 1. The van der Waals surface area contributed by atoms with E-state index in [2.05, 4.69) is 61.2 Å². The van der Waals surface area contributed by atoms with Gasteiger partial charge in [0.2, 0.25) is 0 Å². The Labute approximate surface area is 329 Å². The molecule has 0 radical (unpaired) electrons. The van der Waals surface area contributed by atoms with E-state index in [4.69, 9.17) is 30.5 Å². The smallest absolute Gasteiger partial charge is 0.320 e. The van der Waals surface area contributed by atoms with E-state index in [1.165, 1.54) is 12.8 Å². The number of rotatable bonds is 15. The summed E-state index contributed by atoms with van der Waals surface area (Å²) < 4.78 is 24.9. The van der Waals surface area contributed by atoms with Crippen LogP contribution in [0.2, 0.25) is 5.02 Å². The van der Waals surface area contributed by atoms with Crippen LogP contribution in [0.5, 0.6) is 17.2 Å². The molecule has 4 aromatic carbocycles. The number of ether oxygens (including phenoxy) is 4. The first-order valence-electron chi connectivity index (χ1n) is 19.5. The summed E-state index contributed by atoms with van der Waals surface area (Å²) >= 11 is 6.89. The van der Waals surface area contributed by atoms with E-state index in [9.17, 15) is 15.2 Å². The summed E-state index contributed by atoms with van der Waals surface area (Å²) in [5.74, 6) is 1.12. The van der Waals surface area contributed by atoms with E-state index in [1.807, 2.05) is 23.1 Å². The number of likely N-dealkylation sites (tertiary alicyclic amines) is 1. The lowest BCUT2D eigenvalue weighted by Crippen LogP contribution is -2.46. The summed E-state index contributed by atoms with van der Waals surface area (Å²) in [6.07, 6.45) is 5.87. The summed E-state index contributed by atoms with van der Waals surface area (Å²) in [6.45, 7) is 9.22. The number of piperidine rings is 1.